The number of aliphatic carboxylic acids is 1. The van der Waals surface area contributed by atoms with Crippen molar-refractivity contribution in [3.05, 3.63) is 45.4 Å². The molecule has 1 heterocycles. The summed E-state index contributed by atoms with van der Waals surface area (Å²) in [5.41, 5.74) is 7.00. The average Bonchev–Trinajstić information content (AvgIpc) is 2.86. The van der Waals surface area contributed by atoms with Gasteiger partial charge in [-0.3, -0.25) is 4.79 Å². The molecule has 106 valence electrons. The van der Waals surface area contributed by atoms with Gasteiger partial charge in [0.25, 0.3) is 0 Å². The molecule has 20 heavy (non-hydrogen) atoms. The number of hydrogen-bond donors (Lipinski definition) is 3. The van der Waals surface area contributed by atoms with Crippen molar-refractivity contribution in [3.8, 4) is 0 Å². The van der Waals surface area contributed by atoms with Gasteiger partial charge in [0.1, 0.15) is 6.04 Å². The number of carboxylic acids is 1. The van der Waals surface area contributed by atoms with Crippen molar-refractivity contribution in [1.82, 2.24) is 4.98 Å². The van der Waals surface area contributed by atoms with Gasteiger partial charge in [0.15, 0.2) is 5.13 Å². The average molecular weight is 356 g/mol. The Balaban J connectivity index is 2.09. The van der Waals surface area contributed by atoms with E-state index in [4.69, 9.17) is 10.8 Å². The lowest BCUT2D eigenvalue weighted by Gasteiger charge is -2.13. The Bertz CT molecular complexity index is 617. The maximum absolute atomic E-state index is 10.8. The van der Waals surface area contributed by atoms with Crippen LogP contribution in [0.1, 0.15) is 30.3 Å². The Morgan fingerprint density at radius 2 is 2.30 bits per heavy atom. The van der Waals surface area contributed by atoms with E-state index in [1.54, 1.807) is 5.38 Å². The number of carboxylic acid groups (broad SMARTS) is 1. The molecule has 0 aliphatic heterocycles. The molecule has 4 N–H and O–H groups in total. The highest BCUT2D eigenvalue weighted by molar-refractivity contribution is 9.10. The van der Waals surface area contributed by atoms with Crippen molar-refractivity contribution in [2.24, 2.45) is 5.73 Å². The Morgan fingerprint density at radius 1 is 1.55 bits per heavy atom. The first kappa shape index (κ1) is 15.0. The normalized spacial score (nSPS) is 13.8. The molecule has 1 aromatic carbocycles. The number of nitrogens with one attached hydrogen (secondary N) is 1. The fourth-order valence-electron chi connectivity index (χ4n) is 1.67. The molecule has 2 atom stereocenters. The minimum Gasteiger partial charge on any atom is -0.480 e. The van der Waals surface area contributed by atoms with E-state index in [9.17, 15) is 4.79 Å². The first-order valence-corrected chi connectivity index (χ1v) is 7.60. The van der Waals surface area contributed by atoms with Crippen LogP contribution in [0.15, 0.2) is 34.1 Å². The summed E-state index contributed by atoms with van der Waals surface area (Å²) >= 11 is 4.78. The van der Waals surface area contributed by atoms with E-state index in [1.807, 2.05) is 31.2 Å². The molecule has 0 aliphatic rings. The standard InChI is InChI=1S/C13H14BrN3O2S/c1-7(8-3-2-4-9(14)5-8)16-13-17-10(6-20-13)11(15)12(18)19/h2-7,11H,15H2,1H3,(H,16,17)(H,18,19). The summed E-state index contributed by atoms with van der Waals surface area (Å²) in [5, 5.41) is 14.4. The summed E-state index contributed by atoms with van der Waals surface area (Å²) in [6, 6.07) is 6.94. The van der Waals surface area contributed by atoms with Crippen molar-refractivity contribution in [1.29, 1.82) is 0 Å². The van der Waals surface area contributed by atoms with Crippen LogP contribution in [0.4, 0.5) is 5.13 Å². The van der Waals surface area contributed by atoms with Gasteiger partial charge in [-0.15, -0.1) is 11.3 Å². The smallest absolute Gasteiger partial charge is 0.326 e. The largest absolute Gasteiger partial charge is 0.480 e. The third kappa shape index (κ3) is 3.56. The quantitative estimate of drug-likeness (QED) is 0.766. The highest BCUT2D eigenvalue weighted by Gasteiger charge is 2.18. The zero-order chi connectivity index (χ0) is 14.7. The van der Waals surface area contributed by atoms with Crippen molar-refractivity contribution in [2.45, 2.75) is 19.0 Å². The predicted molar refractivity (Wildman–Crippen MR) is 82.9 cm³/mol. The molecule has 1 aromatic heterocycles. The molecule has 2 rings (SSSR count). The molecule has 0 amide bonds. The molecule has 5 nitrogen and oxygen atoms in total. The van der Waals surface area contributed by atoms with Crippen LogP contribution >= 0.6 is 27.3 Å². The van der Waals surface area contributed by atoms with Crippen LogP contribution in [0.2, 0.25) is 0 Å². The Kier molecular flexibility index (Phi) is 4.74. The molecule has 0 spiro atoms. The second-order valence-corrected chi connectivity index (χ2v) is 6.09. The molecule has 0 saturated heterocycles. The zero-order valence-electron chi connectivity index (χ0n) is 10.7. The number of halogens is 1. The minimum absolute atomic E-state index is 0.0625. The van der Waals surface area contributed by atoms with Gasteiger partial charge in [0.2, 0.25) is 0 Å². The number of benzene rings is 1. The third-order valence-electron chi connectivity index (χ3n) is 2.80. The van der Waals surface area contributed by atoms with Crippen molar-refractivity contribution >= 4 is 38.4 Å². The fraction of sp³-hybridized carbons (Fsp3) is 0.231. The van der Waals surface area contributed by atoms with Gasteiger partial charge in [-0.05, 0) is 24.6 Å². The molecular weight excluding hydrogens is 342 g/mol. The van der Waals surface area contributed by atoms with Crippen molar-refractivity contribution in [3.63, 3.8) is 0 Å². The molecule has 0 radical (unpaired) electrons. The number of anilines is 1. The Labute approximate surface area is 129 Å². The second kappa shape index (κ2) is 6.34. The second-order valence-electron chi connectivity index (χ2n) is 4.31. The van der Waals surface area contributed by atoms with Crippen molar-refractivity contribution < 1.29 is 9.90 Å². The van der Waals surface area contributed by atoms with E-state index in [0.717, 1.165) is 10.0 Å². The Morgan fingerprint density at radius 3 is 2.95 bits per heavy atom. The van der Waals surface area contributed by atoms with Crippen LogP contribution in [0.3, 0.4) is 0 Å². The molecule has 2 unspecified atom stereocenters. The molecule has 7 heteroatoms. The highest BCUT2D eigenvalue weighted by atomic mass is 79.9. The SMILES string of the molecule is CC(Nc1nc(C(N)C(=O)O)cs1)c1cccc(Br)c1. The number of rotatable bonds is 5. The van der Waals surface area contributed by atoms with E-state index in [2.05, 4.69) is 26.2 Å². The topological polar surface area (TPSA) is 88.2 Å². The summed E-state index contributed by atoms with van der Waals surface area (Å²) in [6.45, 7) is 2.01. The van der Waals surface area contributed by atoms with Crippen LogP contribution < -0.4 is 11.1 Å². The van der Waals surface area contributed by atoms with Crippen LogP contribution in [-0.4, -0.2) is 16.1 Å². The van der Waals surface area contributed by atoms with Gasteiger partial charge < -0.3 is 16.2 Å². The predicted octanol–water partition coefficient (Wildman–Crippen LogP) is 3.16. The maximum Gasteiger partial charge on any atom is 0.326 e. The number of aromatic nitrogens is 1. The van der Waals surface area contributed by atoms with Gasteiger partial charge in [0, 0.05) is 9.85 Å². The molecular formula is C13H14BrN3O2S. The fourth-order valence-corrected chi connectivity index (χ4v) is 2.92. The van der Waals surface area contributed by atoms with Crippen LogP contribution in [-0.2, 0) is 4.79 Å². The summed E-state index contributed by atoms with van der Waals surface area (Å²) in [6.07, 6.45) is 0. The van der Waals surface area contributed by atoms with Gasteiger partial charge in [0.05, 0.1) is 11.7 Å². The van der Waals surface area contributed by atoms with E-state index in [0.29, 0.717) is 10.8 Å². The molecule has 0 bridgehead atoms. The first-order valence-electron chi connectivity index (χ1n) is 5.93. The lowest BCUT2D eigenvalue weighted by atomic mass is 10.1. The first-order chi connectivity index (χ1) is 9.47. The highest BCUT2D eigenvalue weighted by Crippen LogP contribution is 2.25. The zero-order valence-corrected chi connectivity index (χ0v) is 13.1. The summed E-state index contributed by atoms with van der Waals surface area (Å²) < 4.78 is 1.01. The van der Waals surface area contributed by atoms with E-state index < -0.39 is 12.0 Å². The molecule has 0 aliphatic carbocycles. The minimum atomic E-state index is -1.08. The van der Waals surface area contributed by atoms with Crippen LogP contribution in [0.25, 0.3) is 0 Å². The lowest BCUT2D eigenvalue weighted by Crippen LogP contribution is -2.21. The Hall–Kier alpha value is -1.44. The van der Waals surface area contributed by atoms with Gasteiger partial charge >= 0.3 is 5.97 Å². The number of thiazole rings is 1. The van der Waals surface area contributed by atoms with Crippen LogP contribution in [0, 0.1) is 0 Å². The van der Waals surface area contributed by atoms with E-state index in [-0.39, 0.29) is 6.04 Å². The number of hydrogen-bond acceptors (Lipinski definition) is 5. The molecule has 0 fully saturated rings. The van der Waals surface area contributed by atoms with Gasteiger partial charge in [-0.1, -0.05) is 28.1 Å². The maximum atomic E-state index is 10.8. The number of nitrogens with two attached hydrogens (primary N) is 1. The van der Waals surface area contributed by atoms with Crippen molar-refractivity contribution in [2.75, 3.05) is 5.32 Å². The number of nitrogens with zero attached hydrogens (tertiary/aromatic N) is 1. The van der Waals surface area contributed by atoms with Crippen LogP contribution in [0.5, 0.6) is 0 Å². The van der Waals surface area contributed by atoms with Gasteiger partial charge in [-0.2, -0.15) is 0 Å². The monoisotopic (exact) mass is 355 g/mol. The van der Waals surface area contributed by atoms with E-state index >= 15 is 0 Å². The molecule has 0 saturated carbocycles. The lowest BCUT2D eigenvalue weighted by molar-refractivity contribution is -0.138. The van der Waals surface area contributed by atoms with E-state index in [1.165, 1.54) is 11.3 Å². The summed E-state index contributed by atoms with van der Waals surface area (Å²) in [7, 11) is 0. The molecule has 2 aromatic rings. The third-order valence-corrected chi connectivity index (χ3v) is 4.08. The number of carbonyl (C=O) groups is 1. The summed E-state index contributed by atoms with van der Waals surface area (Å²) in [4.78, 5) is 15.0. The van der Waals surface area contributed by atoms with Gasteiger partial charge in [-0.25, -0.2) is 4.98 Å². The summed E-state index contributed by atoms with van der Waals surface area (Å²) in [5.74, 6) is -1.08.